The number of hydrogen-bond acceptors (Lipinski definition) is 4. The Kier molecular flexibility index (Phi) is 4.01. The minimum absolute atomic E-state index is 0.0373. The molecule has 1 amide bonds. The third kappa shape index (κ3) is 3.01. The number of amides is 1. The molecule has 2 N–H and O–H groups in total. The molecule has 1 atom stereocenters. The van der Waals surface area contributed by atoms with Crippen LogP contribution in [-0.2, 0) is 9.59 Å². The summed E-state index contributed by atoms with van der Waals surface area (Å²) in [7, 11) is 0. The second-order valence-electron chi connectivity index (χ2n) is 4.27. The van der Waals surface area contributed by atoms with Crippen LogP contribution in [0.4, 0.5) is 15.8 Å². The van der Waals surface area contributed by atoms with Crippen molar-refractivity contribution in [1.82, 2.24) is 0 Å². The lowest BCUT2D eigenvalue weighted by atomic mass is 10.2. The van der Waals surface area contributed by atoms with Crippen molar-refractivity contribution in [2.24, 2.45) is 0 Å². The predicted molar refractivity (Wildman–Crippen MR) is 74.9 cm³/mol. The third-order valence-electron chi connectivity index (χ3n) is 2.78. The summed E-state index contributed by atoms with van der Waals surface area (Å²) < 4.78 is 13.2. The van der Waals surface area contributed by atoms with Gasteiger partial charge in [0.15, 0.2) is 5.12 Å². The van der Waals surface area contributed by atoms with Crippen LogP contribution in [0, 0.1) is 5.82 Å². The minimum Gasteiger partial charge on any atom is -0.397 e. The van der Waals surface area contributed by atoms with E-state index in [4.69, 9.17) is 17.3 Å². The van der Waals surface area contributed by atoms with E-state index in [-0.39, 0.29) is 33.4 Å². The fraction of sp³-hybridized carbons (Fsp3) is 0.333. The van der Waals surface area contributed by atoms with Gasteiger partial charge in [-0.25, -0.2) is 4.39 Å². The smallest absolute Gasteiger partial charge is 0.228 e. The van der Waals surface area contributed by atoms with Gasteiger partial charge in [-0.2, -0.15) is 0 Å². The van der Waals surface area contributed by atoms with Crippen molar-refractivity contribution in [3.63, 3.8) is 0 Å². The van der Waals surface area contributed by atoms with Crippen LogP contribution in [0.1, 0.15) is 13.3 Å². The summed E-state index contributed by atoms with van der Waals surface area (Å²) >= 11 is 6.83. The number of halogens is 2. The summed E-state index contributed by atoms with van der Waals surface area (Å²) in [5.41, 5.74) is 6.26. The number of carbonyl (C=O) groups excluding carboxylic acids is 2. The maximum absolute atomic E-state index is 13.2. The van der Waals surface area contributed by atoms with E-state index >= 15 is 0 Å². The SMILES string of the molecule is CC(=O)SC1CC(=O)N(c2cc(Cl)c(F)cc2N)C1. The Morgan fingerprint density at radius 1 is 1.58 bits per heavy atom. The minimum atomic E-state index is -0.621. The highest BCUT2D eigenvalue weighted by molar-refractivity contribution is 8.14. The van der Waals surface area contributed by atoms with Crippen LogP contribution in [0.25, 0.3) is 0 Å². The first-order chi connectivity index (χ1) is 8.88. The molecule has 1 fully saturated rings. The first-order valence-corrected chi connectivity index (χ1v) is 6.86. The molecule has 1 unspecified atom stereocenters. The number of nitrogens with zero attached hydrogens (tertiary/aromatic N) is 1. The van der Waals surface area contributed by atoms with Crippen molar-refractivity contribution in [2.45, 2.75) is 18.6 Å². The van der Waals surface area contributed by atoms with Gasteiger partial charge < -0.3 is 10.6 Å². The molecule has 1 aromatic rings. The lowest BCUT2D eigenvalue weighted by Gasteiger charge is -2.19. The summed E-state index contributed by atoms with van der Waals surface area (Å²) in [5, 5.41) is -0.224. The van der Waals surface area contributed by atoms with E-state index in [1.54, 1.807) is 0 Å². The number of thioether (sulfide) groups is 1. The summed E-state index contributed by atoms with van der Waals surface area (Å²) in [6.45, 7) is 1.83. The van der Waals surface area contributed by atoms with Gasteiger partial charge in [0.25, 0.3) is 0 Å². The zero-order valence-corrected chi connectivity index (χ0v) is 11.7. The molecule has 4 nitrogen and oxygen atoms in total. The molecular formula is C12H12ClFN2O2S. The molecule has 0 aromatic heterocycles. The van der Waals surface area contributed by atoms with Gasteiger partial charge in [-0.15, -0.1) is 0 Å². The summed E-state index contributed by atoms with van der Waals surface area (Å²) in [6, 6.07) is 2.43. The number of hydrogen-bond donors (Lipinski definition) is 1. The van der Waals surface area contributed by atoms with Gasteiger partial charge in [0.1, 0.15) is 5.82 Å². The van der Waals surface area contributed by atoms with Crippen LogP contribution in [0.3, 0.4) is 0 Å². The third-order valence-corrected chi connectivity index (χ3v) is 4.05. The number of benzene rings is 1. The first kappa shape index (κ1) is 14.1. The highest BCUT2D eigenvalue weighted by atomic mass is 35.5. The lowest BCUT2D eigenvalue weighted by molar-refractivity contribution is -0.117. The predicted octanol–water partition coefficient (Wildman–Crippen LogP) is 2.45. The molecule has 2 rings (SSSR count). The molecule has 1 heterocycles. The highest BCUT2D eigenvalue weighted by Gasteiger charge is 2.33. The maximum atomic E-state index is 13.2. The number of nitrogen functional groups attached to an aromatic ring is 1. The number of carbonyl (C=O) groups is 2. The number of nitrogens with two attached hydrogens (primary N) is 1. The summed E-state index contributed by atoms with van der Waals surface area (Å²) in [5.74, 6) is -0.766. The molecule has 0 bridgehead atoms. The Balaban J connectivity index is 2.25. The van der Waals surface area contributed by atoms with Gasteiger partial charge in [0.05, 0.1) is 16.4 Å². The molecule has 102 valence electrons. The van der Waals surface area contributed by atoms with E-state index in [0.717, 1.165) is 17.8 Å². The zero-order valence-electron chi connectivity index (χ0n) is 10.2. The van der Waals surface area contributed by atoms with Gasteiger partial charge >= 0.3 is 0 Å². The largest absolute Gasteiger partial charge is 0.397 e. The van der Waals surface area contributed by atoms with Crippen LogP contribution in [0.5, 0.6) is 0 Å². The lowest BCUT2D eigenvalue weighted by Crippen LogP contribution is -2.26. The Bertz CT molecular complexity index is 553. The van der Waals surface area contributed by atoms with E-state index < -0.39 is 5.82 Å². The second kappa shape index (κ2) is 5.38. The molecule has 0 saturated carbocycles. The molecule has 19 heavy (non-hydrogen) atoms. The van der Waals surface area contributed by atoms with Gasteiger partial charge in [-0.05, 0) is 6.07 Å². The standard InChI is InChI=1S/C12H12ClFN2O2S/c1-6(17)19-7-2-12(18)16(5-7)11-3-8(13)9(14)4-10(11)15/h3-4,7H,2,5,15H2,1H3. The Hall–Kier alpha value is -1.27. The molecule has 7 heteroatoms. The van der Waals surface area contributed by atoms with Gasteiger partial charge in [0.2, 0.25) is 5.91 Å². The molecule has 1 aromatic carbocycles. The number of rotatable bonds is 2. The summed E-state index contributed by atoms with van der Waals surface area (Å²) in [4.78, 5) is 24.4. The van der Waals surface area contributed by atoms with E-state index in [9.17, 15) is 14.0 Å². The van der Waals surface area contributed by atoms with E-state index in [0.29, 0.717) is 12.2 Å². The topological polar surface area (TPSA) is 63.4 Å². The second-order valence-corrected chi connectivity index (χ2v) is 6.15. The molecule has 1 aliphatic heterocycles. The van der Waals surface area contributed by atoms with Crippen molar-refractivity contribution in [2.75, 3.05) is 17.2 Å². The molecule has 1 saturated heterocycles. The van der Waals surface area contributed by atoms with Crippen molar-refractivity contribution < 1.29 is 14.0 Å². The maximum Gasteiger partial charge on any atom is 0.228 e. The Morgan fingerprint density at radius 3 is 2.89 bits per heavy atom. The molecule has 0 aliphatic carbocycles. The summed E-state index contributed by atoms with van der Waals surface area (Å²) in [6.07, 6.45) is 0.263. The first-order valence-electron chi connectivity index (χ1n) is 5.60. The van der Waals surface area contributed by atoms with Crippen LogP contribution in [0.2, 0.25) is 5.02 Å². The fourth-order valence-corrected chi connectivity index (χ4v) is 3.08. The van der Waals surface area contributed by atoms with Crippen molar-refractivity contribution in [3.05, 3.63) is 23.0 Å². The van der Waals surface area contributed by atoms with Crippen molar-refractivity contribution in [3.8, 4) is 0 Å². The zero-order chi connectivity index (χ0) is 14.2. The van der Waals surface area contributed by atoms with Crippen LogP contribution >= 0.6 is 23.4 Å². The van der Waals surface area contributed by atoms with E-state index in [1.165, 1.54) is 17.9 Å². The highest BCUT2D eigenvalue weighted by Crippen LogP contribution is 2.34. The normalized spacial score (nSPS) is 19.0. The molecule has 0 radical (unpaired) electrons. The molecule has 1 aliphatic rings. The van der Waals surface area contributed by atoms with Crippen molar-refractivity contribution in [1.29, 1.82) is 0 Å². The van der Waals surface area contributed by atoms with Crippen LogP contribution in [-0.4, -0.2) is 22.8 Å². The van der Waals surface area contributed by atoms with Gasteiger partial charge in [-0.3, -0.25) is 9.59 Å². The average molecular weight is 303 g/mol. The fourth-order valence-electron chi connectivity index (χ4n) is 2.01. The van der Waals surface area contributed by atoms with Gasteiger partial charge in [-0.1, -0.05) is 23.4 Å². The Labute approximate surface area is 119 Å². The van der Waals surface area contributed by atoms with Crippen LogP contribution < -0.4 is 10.6 Å². The van der Waals surface area contributed by atoms with E-state index in [1.807, 2.05) is 0 Å². The van der Waals surface area contributed by atoms with Gasteiger partial charge in [0, 0.05) is 31.2 Å². The number of anilines is 2. The Morgan fingerprint density at radius 2 is 2.26 bits per heavy atom. The van der Waals surface area contributed by atoms with Crippen molar-refractivity contribution >= 4 is 45.8 Å². The molecule has 0 spiro atoms. The monoisotopic (exact) mass is 302 g/mol. The van der Waals surface area contributed by atoms with E-state index in [2.05, 4.69) is 0 Å². The quantitative estimate of drug-likeness (QED) is 0.852. The molecular weight excluding hydrogens is 291 g/mol. The van der Waals surface area contributed by atoms with Crippen LogP contribution in [0.15, 0.2) is 12.1 Å². The average Bonchev–Trinajstić information content (AvgIpc) is 2.63.